The van der Waals surface area contributed by atoms with Crippen LogP contribution in [0.15, 0.2) is 36.5 Å². The third-order valence-corrected chi connectivity index (χ3v) is 3.53. The minimum Gasteiger partial charge on any atom is -0.457 e. The number of aromatic nitrogens is 1. The van der Waals surface area contributed by atoms with Gasteiger partial charge in [0, 0.05) is 29.8 Å². The molecule has 0 saturated heterocycles. The molecule has 1 aliphatic rings. The lowest BCUT2D eigenvalue weighted by atomic mass is 10.2. The number of ether oxygens (including phenoxy) is 1. The van der Waals surface area contributed by atoms with Gasteiger partial charge in [-0.15, -0.1) is 0 Å². The predicted octanol–water partition coefficient (Wildman–Crippen LogP) is 3.44. The molecule has 1 fully saturated rings. The Morgan fingerprint density at radius 3 is 2.70 bits per heavy atom. The van der Waals surface area contributed by atoms with E-state index in [4.69, 9.17) is 4.74 Å². The lowest BCUT2D eigenvalue weighted by Crippen LogP contribution is -2.14. The van der Waals surface area contributed by atoms with Crippen LogP contribution in [-0.4, -0.2) is 15.8 Å². The van der Waals surface area contributed by atoms with Crippen LogP contribution in [0, 0.1) is 23.0 Å². The summed E-state index contributed by atoms with van der Waals surface area (Å²) in [5.41, 5.74) is 0.563. The Hall–Kier alpha value is -2.96. The second-order valence-corrected chi connectivity index (χ2v) is 5.45. The molecular formula is C16H15N3O4. The number of nitro benzene ring substituents is 1. The fourth-order valence-corrected chi connectivity index (χ4v) is 2.15. The summed E-state index contributed by atoms with van der Waals surface area (Å²) in [4.78, 5) is 26.2. The fraction of sp³-hybridized carbons (Fsp3) is 0.250. The van der Waals surface area contributed by atoms with Crippen molar-refractivity contribution in [2.24, 2.45) is 5.92 Å². The van der Waals surface area contributed by atoms with Crippen molar-refractivity contribution in [3.63, 3.8) is 0 Å². The van der Waals surface area contributed by atoms with E-state index in [0.29, 0.717) is 22.9 Å². The molecule has 1 N–H and O–H groups in total. The number of anilines is 1. The molecule has 0 radical (unpaired) electrons. The average Bonchev–Trinajstić information content (AvgIpc) is 3.32. The molecule has 1 heterocycles. The van der Waals surface area contributed by atoms with E-state index in [0.717, 1.165) is 12.8 Å². The highest BCUT2D eigenvalue weighted by Crippen LogP contribution is 2.31. The number of amides is 1. The number of nitrogens with one attached hydrogen (secondary N) is 1. The molecule has 23 heavy (non-hydrogen) atoms. The molecule has 1 saturated carbocycles. The van der Waals surface area contributed by atoms with Crippen molar-refractivity contribution in [3.05, 3.63) is 52.2 Å². The van der Waals surface area contributed by atoms with E-state index >= 15 is 0 Å². The van der Waals surface area contributed by atoms with Crippen LogP contribution in [0.25, 0.3) is 0 Å². The summed E-state index contributed by atoms with van der Waals surface area (Å²) in [6.45, 7) is 1.65. The van der Waals surface area contributed by atoms with Crippen LogP contribution in [0.4, 0.5) is 11.5 Å². The van der Waals surface area contributed by atoms with Gasteiger partial charge < -0.3 is 10.1 Å². The summed E-state index contributed by atoms with van der Waals surface area (Å²) in [7, 11) is 0. The van der Waals surface area contributed by atoms with Gasteiger partial charge in [-0.25, -0.2) is 4.98 Å². The standard InChI is InChI=1S/C16H15N3O4/c1-10-8-12(4-5-14(10)19(21)22)23-13-6-7-17-15(9-13)18-16(20)11-2-3-11/h4-9,11H,2-3H2,1H3,(H,17,18,20). The molecule has 3 rings (SSSR count). The zero-order chi connectivity index (χ0) is 16.4. The Labute approximate surface area is 132 Å². The maximum absolute atomic E-state index is 11.7. The molecule has 1 aliphatic carbocycles. The lowest BCUT2D eigenvalue weighted by Gasteiger charge is -2.08. The van der Waals surface area contributed by atoms with Gasteiger partial charge in [0.25, 0.3) is 5.69 Å². The van der Waals surface area contributed by atoms with Gasteiger partial charge in [0.1, 0.15) is 17.3 Å². The lowest BCUT2D eigenvalue weighted by molar-refractivity contribution is -0.385. The highest BCUT2D eigenvalue weighted by atomic mass is 16.6. The monoisotopic (exact) mass is 313 g/mol. The zero-order valence-electron chi connectivity index (χ0n) is 12.5. The second kappa shape index (κ2) is 6.04. The Morgan fingerprint density at radius 1 is 1.30 bits per heavy atom. The van der Waals surface area contributed by atoms with E-state index in [2.05, 4.69) is 10.3 Å². The molecule has 0 unspecified atom stereocenters. The first-order valence-corrected chi connectivity index (χ1v) is 7.23. The SMILES string of the molecule is Cc1cc(Oc2ccnc(NC(=O)C3CC3)c2)ccc1[N+](=O)[O-]. The summed E-state index contributed by atoms with van der Waals surface area (Å²) in [5.74, 6) is 1.48. The van der Waals surface area contributed by atoms with Crippen LogP contribution >= 0.6 is 0 Å². The number of carbonyl (C=O) groups excluding carboxylic acids is 1. The highest BCUT2D eigenvalue weighted by Gasteiger charge is 2.29. The maximum atomic E-state index is 11.7. The van der Waals surface area contributed by atoms with Gasteiger partial charge in [0.2, 0.25) is 5.91 Å². The minimum atomic E-state index is -0.433. The third kappa shape index (κ3) is 3.63. The summed E-state index contributed by atoms with van der Waals surface area (Å²) < 4.78 is 5.68. The Morgan fingerprint density at radius 2 is 2.04 bits per heavy atom. The van der Waals surface area contributed by atoms with Gasteiger partial charge in [-0.1, -0.05) is 0 Å². The molecule has 1 aromatic carbocycles. The van der Waals surface area contributed by atoms with Crippen molar-refractivity contribution in [3.8, 4) is 11.5 Å². The molecule has 7 heteroatoms. The quantitative estimate of drug-likeness (QED) is 0.674. The van der Waals surface area contributed by atoms with Crippen molar-refractivity contribution in [1.82, 2.24) is 4.98 Å². The van der Waals surface area contributed by atoms with Gasteiger partial charge in [-0.2, -0.15) is 0 Å². The summed E-state index contributed by atoms with van der Waals surface area (Å²) >= 11 is 0. The smallest absolute Gasteiger partial charge is 0.272 e. The Bertz CT molecular complexity index is 772. The van der Waals surface area contributed by atoms with Crippen molar-refractivity contribution in [2.45, 2.75) is 19.8 Å². The maximum Gasteiger partial charge on any atom is 0.272 e. The molecule has 0 bridgehead atoms. The first-order chi connectivity index (χ1) is 11.0. The second-order valence-electron chi connectivity index (χ2n) is 5.45. The molecular weight excluding hydrogens is 298 g/mol. The van der Waals surface area contributed by atoms with E-state index in [-0.39, 0.29) is 17.5 Å². The van der Waals surface area contributed by atoms with Crippen LogP contribution in [0.3, 0.4) is 0 Å². The molecule has 1 amide bonds. The van der Waals surface area contributed by atoms with E-state index in [1.807, 2.05) is 0 Å². The van der Waals surface area contributed by atoms with E-state index in [9.17, 15) is 14.9 Å². The summed E-state index contributed by atoms with van der Waals surface area (Å²) in [6, 6.07) is 7.82. The first-order valence-electron chi connectivity index (χ1n) is 7.23. The molecule has 7 nitrogen and oxygen atoms in total. The molecule has 1 aromatic heterocycles. The van der Waals surface area contributed by atoms with Crippen LogP contribution in [0.2, 0.25) is 0 Å². The van der Waals surface area contributed by atoms with Crippen LogP contribution < -0.4 is 10.1 Å². The average molecular weight is 313 g/mol. The minimum absolute atomic E-state index is 0.0270. The van der Waals surface area contributed by atoms with Gasteiger partial charge in [0.15, 0.2) is 0 Å². The predicted molar refractivity (Wildman–Crippen MR) is 83.5 cm³/mol. The number of aryl methyl sites for hydroxylation is 1. The largest absolute Gasteiger partial charge is 0.457 e. The van der Waals surface area contributed by atoms with Crippen LogP contribution in [0.1, 0.15) is 18.4 Å². The topological polar surface area (TPSA) is 94.4 Å². The van der Waals surface area contributed by atoms with Crippen molar-refractivity contribution in [1.29, 1.82) is 0 Å². The fourth-order valence-electron chi connectivity index (χ4n) is 2.15. The number of rotatable bonds is 5. The normalized spacial score (nSPS) is 13.4. The van der Waals surface area contributed by atoms with Crippen molar-refractivity contribution < 1.29 is 14.5 Å². The molecule has 2 aromatic rings. The van der Waals surface area contributed by atoms with Crippen molar-refractivity contribution in [2.75, 3.05) is 5.32 Å². The Balaban J connectivity index is 1.73. The molecule has 0 atom stereocenters. The first kappa shape index (κ1) is 15.0. The van der Waals surface area contributed by atoms with E-state index < -0.39 is 4.92 Å². The van der Waals surface area contributed by atoms with E-state index in [1.54, 1.807) is 25.1 Å². The van der Waals surface area contributed by atoms with Crippen molar-refractivity contribution >= 4 is 17.4 Å². The van der Waals surface area contributed by atoms with Crippen LogP contribution in [0.5, 0.6) is 11.5 Å². The van der Waals surface area contributed by atoms with Gasteiger partial charge in [-0.05, 0) is 38.0 Å². The van der Waals surface area contributed by atoms with Crippen LogP contribution in [-0.2, 0) is 4.79 Å². The third-order valence-electron chi connectivity index (χ3n) is 3.53. The van der Waals surface area contributed by atoms with E-state index in [1.165, 1.54) is 18.3 Å². The summed E-state index contributed by atoms with van der Waals surface area (Å²) in [6.07, 6.45) is 3.38. The van der Waals surface area contributed by atoms with Gasteiger partial charge in [0.05, 0.1) is 4.92 Å². The zero-order valence-corrected chi connectivity index (χ0v) is 12.5. The molecule has 118 valence electrons. The number of hydrogen-bond acceptors (Lipinski definition) is 5. The number of nitrogens with zero attached hydrogens (tertiary/aromatic N) is 2. The number of nitro groups is 1. The number of carbonyl (C=O) groups is 1. The summed E-state index contributed by atoms with van der Waals surface area (Å²) in [5, 5.41) is 13.6. The Kier molecular flexibility index (Phi) is 3.92. The highest BCUT2D eigenvalue weighted by molar-refractivity contribution is 5.93. The number of pyridine rings is 1. The number of hydrogen-bond donors (Lipinski definition) is 1. The van der Waals surface area contributed by atoms with Gasteiger partial charge in [-0.3, -0.25) is 14.9 Å². The van der Waals surface area contributed by atoms with Gasteiger partial charge >= 0.3 is 0 Å². The molecule has 0 spiro atoms. The molecule has 0 aliphatic heterocycles. The number of benzene rings is 1.